The summed E-state index contributed by atoms with van der Waals surface area (Å²) in [6.07, 6.45) is 7.59. The van der Waals surface area contributed by atoms with E-state index in [-0.39, 0.29) is 11.9 Å². The van der Waals surface area contributed by atoms with Gasteiger partial charge in [0.05, 0.1) is 12.5 Å². The van der Waals surface area contributed by atoms with Crippen LogP contribution in [-0.2, 0) is 9.53 Å². The topological polar surface area (TPSA) is 26.3 Å². The molecule has 2 atom stereocenters. The maximum absolute atomic E-state index is 11.7. The maximum Gasteiger partial charge on any atom is 0.309 e. The van der Waals surface area contributed by atoms with E-state index in [0.29, 0.717) is 12.5 Å². The number of esters is 1. The molecule has 2 nitrogen and oxygen atoms in total. The number of rotatable bonds is 4. The van der Waals surface area contributed by atoms with Crippen molar-refractivity contribution in [1.82, 2.24) is 0 Å². The summed E-state index contributed by atoms with van der Waals surface area (Å²) in [5.74, 6) is 0.803. The molecule has 2 aliphatic carbocycles. The molecule has 0 spiro atoms. The number of hydrogen-bond acceptors (Lipinski definition) is 2. The number of carbonyl (C=O) groups is 1. The number of ether oxygens (including phenoxy) is 1. The second-order valence-corrected chi connectivity index (χ2v) is 4.39. The van der Waals surface area contributed by atoms with Crippen molar-refractivity contribution in [1.29, 1.82) is 0 Å². The van der Waals surface area contributed by atoms with Crippen LogP contribution in [0.3, 0.4) is 0 Å². The standard InChI is InChI=1S/C12H18O2/c1-2-3-6-14-12(13)11-8-9-4-5-10(11)7-9/h4,10-11H,2-3,5-8H2,1H3. The van der Waals surface area contributed by atoms with Crippen molar-refractivity contribution in [2.24, 2.45) is 11.8 Å². The normalized spacial score (nSPS) is 29.1. The minimum atomic E-state index is 0.0477. The van der Waals surface area contributed by atoms with E-state index in [1.165, 1.54) is 5.57 Å². The predicted molar refractivity (Wildman–Crippen MR) is 54.8 cm³/mol. The molecule has 2 bridgehead atoms. The van der Waals surface area contributed by atoms with Gasteiger partial charge in [0, 0.05) is 0 Å². The van der Waals surface area contributed by atoms with E-state index in [1.807, 2.05) is 0 Å². The Balaban J connectivity index is 1.79. The summed E-state index contributed by atoms with van der Waals surface area (Å²) in [7, 11) is 0. The van der Waals surface area contributed by atoms with Crippen LogP contribution in [0.4, 0.5) is 0 Å². The Hall–Kier alpha value is -0.790. The highest BCUT2D eigenvalue weighted by Crippen LogP contribution is 2.44. The average molecular weight is 194 g/mol. The molecule has 0 radical (unpaired) electrons. The molecule has 0 N–H and O–H groups in total. The zero-order chi connectivity index (χ0) is 9.97. The second kappa shape index (κ2) is 4.16. The summed E-state index contributed by atoms with van der Waals surface area (Å²) in [4.78, 5) is 11.7. The molecule has 14 heavy (non-hydrogen) atoms. The van der Waals surface area contributed by atoms with Crippen LogP contribution in [0.5, 0.6) is 0 Å². The van der Waals surface area contributed by atoms with E-state index < -0.39 is 0 Å². The molecule has 0 aromatic carbocycles. The molecule has 0 aromatic rings. The van der Waals surface area contributed by atoms with E-state index >= 15 is 0 Å². The third-order valence-corrected chi connectivity index (χ3v) is 3.33. The van der Waals surface area contributed by atoms with Gasteiger partial charge in [0.15, 0.2) is 0 Å². The molecule has 0 aliphatic heterocycles. The van der Waals surface area contributed by atoms with Crippen molar-refractivity contribution >= 4 is 5.97 Å². The number of unbranched alkanes of at least 4 members (excludes halogenated alkanes) is 1. The van der Waals surface area contributed by atoms with Crippen LogP contribution in [0.15, 0.2) is 11.6 Å². The molecule has 2 rings (SSSR count). The van der Waals surface area contributed by atoms with Crippen LogP contribution >= 0.6 is 0 Å². The van der Waals surface area contributed by atoms with Gasteiger partial charge in [0.25, 0.3) is 0 Å². The summed E-state index contributed by atoms with van der Waals surface area (Å²) < 4.78 is 5.25. The van der Waals surface area contributed by atoms with Gasteiger partial charge in [-0.3, -0.25) is 4.79 Å². The van der Waals surface area contributed by atoms with Crippen molar-refractivity contribution in [3.63, 3.8) is 0 Å². The first-order chi connectivity index (χ1) is 6.81. The summed E-state index contributed by atoms with van der Waals surface area (Å²) in [6.45, 7) is 2.72. The molecule has 2 unspecified atom stereocenters. The number of hydrogen-bond donors (Lipinski definition) is 0. The van der Waals surface area contributed by atoms with E-state index in [1.54, 1.807) is 0 Å². The lowest BCUT2D eigenvalue weighted by Crippen LogP contribution is -2.22. The molecule has 1 saturated carbocycles. The number of carbonyl (C=O) groups excluding carboxylic acids is 1. The molecule has 0 amide bonds. The third kappa shape index (κ3) is 1.84. The lowest BCUT2D eigenvalue weighted by molar-refractivity contribution is -0.149. The Kier molecular flexibility index (Phi) is 2.90. The highest BCUT2D eigenvalue weighted by Gasteiger charge is 2.39. The molecule has 0 saturated heterocycles. The average Bonchev–Trinajstić information content (AvgIpc) is 2.79. The Morgan fingerprint density at radius 1 is 1.57 bits per heavy atom. The lowest BCUT2D eigenvalue weighted by atomic mass is 9.92. The molecule has 1 fully saturated rings. The van der Waals surface area contributed by atoms with Crippen molar-refractivity contribution < 1.29 is 9.53 Å². The van der Waals surface area contributed by atoms with Gasteiger partial charge >= 0.3 is 5.97 Å². The monoisotopic (exact) mass is 194 g/mol. The predicted octanol–water partition coefficient (Wildman–Crippen LogP) is 2.69. The maximum atomic E-state index is 11.7. The van der Waals surface area contributed by atoms with Gasteiger partial charge in [-0.1, -0.05) is 25.0 Å². The Labute approximate surface area is 85.3 Å². The van der Waals surface area contributed by atoms with Crippen molar-refractivity contribution in [2.75, 3.05) is 6.61 Å². The van der Waals surface area contributed by atoms with Crippen LogP contribution in [0.2, 0.25) is 0 Å². The van der Waals surface area contributed by atoms with E-state index in [2.05, 4.69) is 13.0 Å². The molecule has 2 heteroatoms. The Morgan fingerprint density at radius 3 is 3.00 bits per heavy atom. The van der Waals surface area contributed by atoms with Crippen LogP contribution in [0.1, 0.15) is 39.0 Å². The molecular weight excluding hydrogens is 176 g/mol. The zero-order valence-corrected chi connectivity index (χ0v) is 8.79. The SMILES string of the molecule is CCCCOC(=O)C1CC2=CCC1C2. The van der Waals surface area contributed by atoms with Crippen LogP contribution < -0.4 is 0 Å². The first kappa shape index (κ1) is 9.75. The minimum absolute atomic E-state index is 0.0477. The first-order valence-electron chi connectivity index (χ1n) is 5.65. The minimum Gasteiger partial charge on any atom is -0.465 e. The zero-order valence-electron chi connectivity index (χ0n) is 8.79. The Bertz CT molecular complexity index is 255. The third-order valence-electron chi connectivity index (χ3n) is 3.33. The smallest absolute Gasteiger partial charge is 0.309 e. The van der Waals surface area contributed by atoms with Crippen molar-refractivity contribution in [3.8, 4) is 0 Å². The molecule has 0 aromatic heterocycles. The molecule has 2 aliphatic rings. The van der Waals surface area contributed by atoms with Crippen LogP contribution in [0, 0.1) is 11.8 Å². The second-order valence-electron chi connectivity index (χ2n) is 4.39. The van der Waals surface area contributed by atoms with E-state index in [0.717, 1.165) is 32.1 Å². The van der Waals surface area contributed by atoms with Crippen LogP contribution in [-0.4, -0.2) is 12.6 Å². The summed E-state index contributed by atoms with van der Waals surface area (Å²) >= 11 is 0. The highest BCUT2D eigenvalue weighted by atomic mass is 16.5. The number of fused-ring (bicyclic) bond motifs is 2. The van der Waals surface area contributed by atoms with Gasteiger partial charge in [-0.05, 0) is 31.6 Å². The van der Waals surface area contributed by atoms with Crippen molar-refractivity contribution in [2.45, 2.75) is 39.0 Å². The van der Waals surface area contributed by atoms with Gasteiger partial charge in [-0.2, -0.15) is 0 Å². The van der Waals surface area contributed by atoms with Crippen LogP contribution in [0.25, 0.3) is 0 Å². The fraction of sp³-hybridized carbons (Fsp3) is 0.750. The number of allylic oxidation sites excluding steroid dienone is 2. The largest absolute Gasteiger partial charge is 0.465 e. The first-order valence-corrected chi connectivity index (χ1v) is 5.65. The van der Waals surface area contributed by atoms with Gasteiger partial charge in [0.2, 0.25) is 0 Å². The van der Waals surface area contributed by atoms with Gasteiger partial charge < -0.3 is 4.74 Å². The quantitative estimate of drug-likeness (QED) is 0.391. The van der Waals surface area contributed by atoms with Gasteiger partial charge in [-0.15, -0.1) is 0 Å². The summed E-state index contributed by atoms with van der Waals surface area (Å²) in [6, 6.07) is 0. The van der Waals surface area contributed by atoms with E-state index in [4.69, 9.17) is 4.74 Å². The van der Waals surface area contributed by atoms with Gasteiger partial charge in [0.1, 0.15) is 0 Å². The molecular formula is C12H18O2. The fourth-order valence-corrected chi connectivity index (χ4v) is 2.44. The van der Waals surface area contributed by atoms with Gasteiger partial charge in [-0.25, -0.2) is 0 Å². The molecule has 78 valence electrons. The molecule has 0 heterocycles. The summed E-state index contributed by atoms with van der Waals surface area (Å²) in [5, 5.41) is 0. The fourth-order valence-electron chi connectivity index (χ4n) is 2.44. The summed E-state index contributed by atoms with van der Waals surface area (Å²) in [5.41, 5.74) is 1.48. The highest BCUT2D eigenvalue weighted by molar-refractivity contribution is 5.74. The van der Waals surface area contributed by atoms with Crippen molar-refractivity contribution in [3.05, 3.63) is 11.6 Å². The Morgan fingerprint density at radius 2 is 2.43 bits per heavy atom. The van der Waals surface area contributed by atoms with E-state index in [9.17, 15) is 4.79 Å². The lowest BCUT2D eigenvalue weighted by Gasteiger charge is -2.17.